The molecule has 0 atom stereocenters. The van der Waals surface area contributed by atoms with Crippen molar-refractivity contribution < 1.29 is 9.21 Å². The monoisotopic (exact) mass is 393 g/mol. The van der Waals surface area contributed by atoms with Gasteiger partial charge in [0.2, 0.25) is 5.91 Å². The molecule has 3 heterocycles. The Balaban J connectivity index is 1.48. The highest BCUT2D eigenvalue weighted by Crippen LogP contribution is 2.16. The smallest absolute Gasteiger partial charge is 0.258 e. The Morgan fingerprint density at radius 3 is 2.79 bits per heavy atom. The molecule has 0 radical (unpaired) electrons. The van der Waals surface area contributed by atoms with Gasteiger partial charge in [-0.15, -0.1) is 11.3 Å². The predicted octanol–water partition coefficient (Wildman–Crippen LogP) is 3.74. The first-order valence-corrected chi connectivity index (χ1v) is 9.87. The van der Waals surface area contributed by atoms with Crippen LogP contribution in [0.15, 0.2) is 69.4 Å². The molecule has 0 fully saturated rings. The van der Waals surface area contributed by atoms with Crippen LogP contribution in [0.25, 0.3) is 10.9 Å². The number of benzene rings is 1. The fourth-order valence-corrected chi connectivity index (χ4v) is 3.77. The first-order valence-electron chi connectivity index (χ1n) is 8.99. The summed E-state index contributed by atoms with van der Waals surface area (Å²) in [5.74, 6) is 1.24. The SMILES string of the molecule is O=C(CCc1nc2ccccc2c(=O)[nH]1)N(Cc1ccco1)Cc1cccs1. The van der Waals surface area contributed by atoms with Gasteiger partial charge in [-0.3, -0.25) is 9.59 Å². The van der Waals surface area contributed by atoms with Crippen molar-refractivity contribution in [1.29, 1.82) is 0 Å². The first-order chi connectivity index (χ1) is 13.7. The third-order valence-electron chi connectivity index (χ3n) is 4.44. The van der Waals surface area contributed by atoms with Crippen LogP contribution in [0.1, 0.15) is 22.9 Å². The molecule has 0 aliphatic rings. The standard InChI is InChI=1S/C21H19N3O3S/c25-20(10-9-19-22-18-8-2-1-7-17(18)21(26)23-19)24(13-15-5-3-11-27-15)14-16-6-4-12-28-16/h1-8,11-12H,9-10,13-14H2,(H,22,23,26). The van der Waals surface area contributed by atoms with Crippen molar-refractivity contribution in [1.82, 2.24) is 14.9 Å². The molecule has 28 heavy (non-hydrogen) atoms. The summed E-state index contributed by atoms with van der Waals surface area (Å²) >= 11 is 1.61. The van der Waals surface area contributed by atoms with E-state index in [-0.39, 0.29) is 17.9 Å². The number of thiophene rings is 1. The van der Waals surface area contributed by atoms with Crippen molar-refractivity contribution in [2.24, 2.45) is 0 Å². The molecule has 7 heteroatoms. The fourth-order valence-electron chi connectivity index (χ4n) is 3.05. The summed E-state index contributed by atoms with van der Waals surface area (Å²) in [5, 5.41) is 2.55. The number of furan rings is 1. The van der Waals surface area contributed by atoms with E-state index < -0.39 is 0 Å². The lowest BCUT2D eigenvalue weighted by Gasteiger charge is -2.21. The minimum atomic E-state index is -0.181. The number of aromatic amines is 1. The van der Waals surface area contributed by atoms with Gasteiger partial charge in [0.25, 0.3) is 5.56 Å². The zero-order valence-electron chi connectivity index (χ0n) is 15.1. The Morgan fingerprint density at radius 1 is 1.11 bits per heavy atom. The van der Waals surface area contributed by atoms with Gasteiger partial charge in [0.1, 0.15) is 11.6 Å². The first kappa shape index (κ1) is 18.2. The number of para-hydroxylation sites is 1. The normalized spacial score (nSPS) is 11.0. The molecule has 0 bridgehead atoms. The summed E-state index contributed by atoms with van der Waals surface area (Å²) in [6.45, 7) is 0.935. The maximum atomic E-state index is 12.9. The molecule has 142 valence electrons. The quantitative estimate of drug-likeness (QED) is 0.519. The number of nitrogens with one attached hydrogen (secondary N) is 1. The molecule has 1 amide bonds. The summed E-state index contributed by atoms with van der Waals surface area (Å²) < 4.78 is 5.41. The molecule has 3 aromatic heterocycles. The van der Waals surface area contributed by atoms with Gasteiger partial charge >= 0.3 is 0 Å². The Hall–Kier alpha value is -3.19. The Bertz CT molecular complexity index is 1080. The molecule has 0 aliphatic heterocycles. The second-order valence-corrected chi connectivity index (χ2v) is 7.47. The zero-order valence-corrected chi connectivity index (χ0v) is 15.9. The van der Waals surface area contributed by atoms with Gasteiger partial charge in [-0.2, -0.15) is 0 Å². The molecule has 0 saturated heterocycles. The average molecular weight is 393 g/mol. The van der Waals surface area contributed by atoms with Crippen molar-refractivity contribution in [3.63, 3.8) is 0 Å². The molecule has 0 unspecified atom stereocenters. The number of carbonyl (C=O) groups excluding carboxylic acids is 1. The Kier molecular flexibility index (Phi) is 5.34. The van der Waals surface area contributed by atoms with Crippen LogP contribution in [-0.2, 0) is 24.3 Å². The zero-order chi connectivity index (χ0) is 19.3. The van der Waals surface area contributed by atoms with Gasteiger partial charge in [0, 0.05) is 17.7 Å². The molecule has 4 rings (SSSR count). The van der Waals surface area contributed by atoms with Crippen LogP contribution < -0.4 is 5.56 Å². The maximum Gasteiger partial charge on any atom is 0.258 e. The number of aromatic nitrogens is 2. The van der Waals surface area contributed by atoms with Gasteiger partial charge in [-0.1, -0.05) is 18.2 Å². The highest BCUT2D eigenvalue weighted by Gasteiger charge is 2.17. The van der Waals surface area contributed by atoms with E-state index in [9.17, 15) is 9.59 Å². The number of carbonyl (C=O) groups is 1. The number of nitrogens with zero attached hydrogens (tertiary/aromatic N) is 2. The maximum absolute atomic E-state index is 12.9. The van der Waals surface area contributed by atoms with Gasteiger partial charge < -0.3 is 14.3 Å². The lowest BCUT2D eigenvalue weighted by Crippen LogP contribution is -2.30. The Morgan fingerprint density at radius 2 is 2.00 bits per heavy atom. The van der Waals surface area contributed by atoms with Crippen molar-refractivity contribution in [2.75, 3.05) is 0 Å². The summed E-state index contributed by atoms with van der Waals surface area (Å²) in [4.78, 5) is 35.2. The van der Waals surface area contributed by atoms with Gasteiger partial charge in [-0.05, 0) is 35.7 Å². The van der Waals surface area contributed by atoms with Crippen LogP contribution in [0.4, 0.5) is 0 Å². The van der Waals surface area contributed by atoms with Crippen molar-refractivity contribution in [2.45, 2.75) is 25.9 Å². The van der Waals surface area contributed by atoms with E-state index in [0.717, 1.165) is 10.6 Å². The van der Waals surface area contributed by atoms with Crippen LogP contribution in [0.2, 0.25) is 0 Å². The molecule has 1 N–H and O–H groups in total. The number of aryl methyl sites for hydroxylation is 1. The second-order valence-electron chi connectivity index (χ2n) is 6.44. The van der Waals surface area contributed by atoms with Crippen molar-refractivity contribution in [3.8, 4) is 0 Å². The van der Waals surface area contributed by atoms with Crippen molar-refractivity contribution >= 4 is 28.1 Å². The molecule has 4 aromatic rings. The lowest BCUT2D eigenvalue weighted by atomic mass is 10.2. The summed E-state index contributed by atoms with van der Waals surface area (Å²) in [6, 6.07) is 14.8. The minimum Gasteiger partial charge on any atom is -0.467 e. The molecule has 0 saturated carbocycles. The van der Waals surface area contributed by atoms with E-state index in [4.69, 9.17) is 4.42 Å². The summed E-state index contributed by atoms with van der Waals surface area (Å²) in [6.07, 6.45) is 2.23. The van der Waals surface area contributed by atoms with E-state index in [0.29, 0.717) is 36.2 Å². The third-order valence-corrected chi connectivity index (χ3v) is 5.31. The molecular weight excluding hydrogens is 374 g/mol. The van der Waals surface area contributed by atoms with Crippen LogP contribution in [0.5, 0.6) is 0 Å². The second kappa shape index (κ2) is 8.22. The third kappa shape index (κ3) is 4.20. The minimum absolute atomic E-state index is 0.0133. The lowest BCUT2D eigenvalue weighted by molar-refractivity contribution is -0.132. The van der Waals surface area contributed by atoms with E-state index in [1.165, 1.54) is 0 Å². The molecule has 0 spiro atoms. The van der Waals surface area contributed by atoms with Crippen molar-refractivity contribution in [3.05, 3.63) is 87.0 Å². The average Bonchev–Trinajstić information content (AvgIpc) is 3.40. The van der Waals surface area contributed by atoms with Crippen LogP contribution in [0, 0.1) is 0 Å². The van der Waals surface area contributed by atoms with Crippen LogP contribution in [-0.4, -0.2) is 20.8 Å². The Labute approximate surface area is 165 Å². The molecular formula is C21H19N3O3S. The number of hydrogen-bond donors (Lipinski definition) is 1. The number of H-pyrrole nitrogens is 1. The van der Waals surface area contributed by atoms with Gasteiger partial charge in [0.15, 0.2) is 0 Å². The molecule has 0 aliphatic carbocycles. The molecule has 1 aromatic carbocycles. The topological polar surface area (TPSA) is 79.2 Å². The number of hydrogen-bond acceptors (Lipinski definition) is 5. The van der Waals surface area contributed by atoms with Gasteiger partial charge in [-0.25, -0.2) is 4.98 Å². The van der Waals surface area contributed by atoms with Crippen LogP contribution >= 0.6 is 11.3 Å². The number of fused-ring (bicyclic) bond motifs is 1. The van der Waals surface area contributed by atoms with E-state index in [1.807, 2.05) is 35.7 Å². The summed E-state index contributed by atoms with van der Waals surface area (Å²) in [5.41, 5.74) is 0.457. The number of rotatable bonds is 7. The molecule has 6 nitrogen and oxygen atoms in total. The highest BCUT2D eigenvalue weighted by molar-refractivity contribution is 7.09. The van der Waals surface area contributed by atoms with E-state index in [2.05, 4.69) is 9.97 Å². The van der Waals surface area contributed by atoms with Gasteiger partial charge in [0.05, 0.1) is 30.3 Å². The van der Waals surface area contributed by atoms with E-state index >= 15 is 0 Å². The summed E-state index contributed by atoms with van der Waals surface area (Å²) in [7, 11) is 0. The largest absolute Gasteiger partial charge is 0.467 e. The fraction of sp³-hybridized carbons (Fsp3) is 0.190. The van der Waals surface area contributed by atoms with E-state index in [1.54, 1.807) is 40.7 Å². The van der Waals surface area contributed by atoms with Crippen LogP contribution in [0.3, 0.4) is 0 Å². The predicted molar refractivity (Wildman–Crippen MR) is 108 cm³/mol. The highest BCUT2D eigenvalue weighted by atomic mass is 32.1. The number of amides is 1.